The van der Waals surface area contributed by atoms with E-state index in [0.717, 1.165) is 11.1 Å². The number of benzene rings is 2. The largest absolute Gasteiger partial charge is 0.449 e. The van der Waals surface area contributed by atoms with Crippen LogP contribution in [0, 0.1) is 13.8 Å². The summed E-state index contributed by atoms with van der Waals surface area (Å²) in [7, 11) is 0. The third-order valence-corrected chi connectivity index (χ3v) is 4.27. The van der Waals surface area contributed by atoms with Crippen LogP contribution in [0.4, 0.5) is 5.69 Å². The number of nitrogens with zero attached hydrogens (tertiary/aromatic N) is 2. The number of carbonyl (C=O) groups is 2. The highest BCUT2D eigenvalue weighted by molar-refractivity contribution is 6.03. The van der Waals surface area contributed by atoms with Crippen LogP contribution in [0.3, 0.4) is 0 Å². The molecule has 0 aliphatic heterocycles. The number of hydrogen-bond donors (Lipinski definition) is 1. The van der Waals surface area contributed by atoms with Crippen LogP contribution in [-0.4, -0.2) is 27.9 Å². The fourth-order valence-electron chi connectivity index (χ4n) is 2.84. The summed E-state index contributed by atoms with van der Waals surface area (Å²) in [5.41, 5.74) is 4.11. The molecule has 1 unspecified atom stereocenters. The maximum absolute atomic E-state index is 12.6. The van der Waals surface area contributed by atoms with Crippen LogP contribution in [0.2, 0.25) is 0 Å². The summed E-state index contributed by atoms with van der Waals surface area (Å²) in [5, 5.41) is 2.84. The molecular weight excluding hydrogens is 342 g/mol. The Morgan fingerprint density at radius 1 is 1.11 bits per heavy atom. The molecule has 0 aliphatic carbocycles. The summed E-state index contributed by atoms with van der Waals surface area (Å²) in [6, 6.07) is 10.8. The topological polar surface area (TPSA) is 81.2 Å². The standard InChI is InChI=1S/C21H21N3O3/c1-4-18(20(25)24-16-9-8-13(2)12-14(16)3)27-21(26)15-6-5-7-17-19(15)23-11-10-22-17/h5-12,18H,4H2,1-3H3,(H,24,25). The number of amides is 1. The van der Waals surface area contributed by atoms with Gasteiger partial charge in [0.05, 0.1) is 11.1 Å². The third-order valence-electron chi connectivity index (χ3n) is 4.27. The molecule has 0 spiro atoms. The number of para-hydroxylation sites is 1. The van der Waals surface area contributed by atoms with Gasteiger partial charge in [0.1, 0.15) is 5.52 Å². The molecule has 1 N–H and O–H groups in total. The first-order chi connectivity index (χ1) is 13.0. The molecule has 6 nitrogen and oxygen atoms in total. The van der Waals surface area contributed by atoms with Crippen LogP contribution in [0.1, 0.15) is 34.8 Å². The zero-order valence-electron chi connectivity index (χ0n) is 15.5. The molecule has 0 radical (unpaired) electrons. The molecule has 1 amide bonds. The number of fused-ring (bicyclic) bond motifs is 1. The lowest BCUT2D eigenvalue weighted by Gasteiger charge is -2.17. The molecule has 0 saturated carbocycles. The number of aromatic nitrogens is 2. The van der Waals surface area contributed by atoms with Crippen molar-refractivity contribution in [3.8, 4) is 0 Å². The average Bonchev–Trinajstić information content (AvgIpc) is 2.67. The molecule has 6 heteroatoms. The second-order valence-electron chi connectivity index (χ2n) is 6.34. The lowest BCUT2D eigenvalue weighted by molar-refractivity contribution is -0.124. The lowest BCUT2D eigenvalue weighted by atomic mass is 10.1. The van der Waals surface area contributed by atoms with Crippen molar-refractivity contribution in [3.05, 3.63) is 65.5 Å². The molecular formula is C21H21N3O3. The van der Waals surface area contributed by atoms with E-state index in [1.165, 1.54) is 6.20 Å². The predicted octanol–water partition coefficient (Wildman–Crippen LogP) is 3.82. The molecule has 1 atom stereocenters. The Labute approximate surface area is 157 Å². The van der Waals surface area contributed by atoms with Gasteiger partial charge < -0.3 is 10.1 Å². The minimum absolute atomic E-state index is 0.290. The molecule has 0 aliphatic rings. The Morgan fingerprint density at radius 2 is 1.89 bits per heavy atom. The number of anilines is 1. The van der Waals surface area contributed by atoms with E-state index in [1.807, 2.05) is 32.0 Å². The van der Waals surface area contributed by atoms with Crippen molar-refractivity contribution < 1.29 is 14.3 Å². The maximum atomic E-state index is 12.6. The van der Waals surface area contributed by atoms with Crippen LogP contribution in [-0.2, 0) is 9.53 Å². The van der Waals surface area contributed by atoms with Gasteiger partial charge in [-0.05, 0) is 44.0 Å². The molecule has 1 heterocycles. The Kier molecular flexibility index (Phi) is 5.45. The maximum Gasteiger partial charge on any atom is 0.341 e. The average molecular weight is 363 g/mol. The van der Waals surface area contributed by atoms with E-state index in [1.54, 1.807) is 31.3 Å². The second-order valence-corrected chi connectivity index (χ2v) is 6.34. The van der Waals surface area contributed by atoms with Gasteiger partial charge in [0, 0.05) is 18.1 Å². The van der Waals surface area contributed by atoms with Crippen LogP contribution in [0.5, 0.6) is 0 Å². The van der Waals surface area contributed by atoms with Crippen LogP contribution in [0.25, 0.3) is 11.0 Å². The number of aryl methyl sites for hydroxylation is 2. The smallest absolute Gasteiger partial charge is 0.341 e. The van der Waals surface area contributed by atoms with E-state index in [2.05, 4.69) is 15.3 Å². The van der Waals surface area contributed by atoms with Crippen molar-refractivity contribution >= 4 is 28.6 Å². The first-order valence-electron chi connectivity index (χ1n) is 8.78. The van der Waals surface area contributed by atoms with E-state index in [4.69, 9.17) is 4.74 Å². The molecule has 3 rings (SSSR count). The van der Waals surface area contributed by atoms with Gasteiger partial charge in [-0.25, -0.2) is 4.79 Å². The molecule has 27 heavy (non-hydrogen) atoms. The molecule has 0 saturated heterocycles. The van der Waals surface area contributed by atoms with Crippen molar-refractivity contribution in [3.63, 3.8) is 0 Å². The number of hydrogen-bond acceptors (Lipinski definition) is 5. The van der Waals surface area contributed by atoms with Gasteiger partial charge in [-0.2, -0.15) is 0 Å². The number of ether oxygens (including phenoxy) is 1. The Morgan fingerprint density at radius 3 is 2.63 bits per heavy atom. The van der Waals surface area contributed by atoms with Gasteiger partial charge >= 0.3 is 5.97 Å². The van der Waals surface area contributed by atoms with Crippen LogP contribution >= 0.6 is 0 Å². The number of rotatable bonds is 5. The minimum atomic E-state index is -0.898. The predicted molar refractivity (Wildman–Crippen MR) is 104 cm³/mol. The van der Waals surface area contributed by atoms with E-state index >= 15 is 0 Å². The molecule has 0 bridgehead atoms. The second kappa shape index (κ2) is 7.95. The Hall–Kier alpha value is -3.28. The highest BCUT2D eigenvalue weighted by Gasteiger charge is 2.24. The van der Waals surface area contributed by atoms with Crippen LogP contribution < -0.4 is 5.32 Å². The first kappa shape index (κ1) is 18.5. The third kappa shape index (κ3) is 4.11. The Bertz CT molecular complexity index is 996. The fraction of sp³-hybridized carbons (Fsp3) is 0.238. The fourth-order valence-corrected chi connectivity index (χ4v) is 2.84. The number of nitrogens with one attached hydrogen (secondary N) is 1. The van der Waals surface area contributed by atoms with Crippen molar-refractivity contribution in [1.82, 2.24) is 9.97 Å². The zero-order chi connectivity index (χ0) is 19.4. The minimum Gasteiger partial charge on any atom is -0.449 e. The summed E-state index contributed by atoms with van der Waals surface area (Å²) in [6.07, 6.45) is 2.54. The monoisotopic (exact) mass is 363 g/mol. The number of carbonyl (C=O) groups excluding carboxylic acids is 2. The quantitative estimate of drug-likeness (QED) is 0.697. The van der Waals surface area contributed by atoms with E-state index in [9.17, 15) is 9.59 Å². The van der Waals surface area contributed by atoms with Crippen molar-refractivity contribution in [1.29, 1.82) is 0 Å². The SMILES string of the molecule is CCC(OC(=O)c1cccc2nccnc12)C(=O)Nc1ccc(C)cc1C. The molecule has 1 aromatic heterocycles. The highest BCUT2D eigenvalue weighted by atomic mass is 16.5. The summed E-state index contributed by atoms with van der Waals surface area (Å²) in [6.45, 7) is 5.70. The molecule has 138 valence electrons. The summed E-state index contributed by atoms with van der Waals surface area (Å²) < 4.78 is 5.47. The first-order valence-corrected chi connectivity index (χ1v) is 8.78. The van der Waals surface area contributed by atoms with Gasteiger partial charge in [0.15, 0.2) is 6.10 Å². The van der Waals surface area contributed by atoms with E-state index in [-0.39, 0.29) is 5.91 Å². The lowest BCUT2D eigenvalue weighted by Crippen LogP contribution is -2.32. The number of esters is 1. The summed E-state index contributed by atoms with van der Waals surface area (Å²) in [4.78, 5) is 33.6. The van der Waals surface area contributed by atoms with Crippen molar-refractivity contribution in [2.24, 2.45) is 0 Å². The summed E-state index contributed by atoms with van der Waals surface area (Å²) >= 11 is 0. The van der Waals surface area contributed by atoms with Gasteiger partial charge in [-0.1, -0.05) is 30.7 Å². The summed E-state index contributed by atoms with van der Waals surface area (Å²) in [5.74, 6) is -0.951. The van der Waals surface area contributed by atoms with Crippen LogP contribution in [0.15, 0.2) is 48.8 Å². The molecule has 0 fully saturated rings. The highest BCUT2D eigenvalue weighted by Crippen LogP contribution is 2.19. The normalized spacial score (nSPS) is 11.8. The molecule has 3 aromatic rings. The van der Waals surface area contributed by atoms with E-state index < -0.39 is 12.1 Å². The van der Waals surface area contributed by atoms with Gasteiger partial charge in [-0.15, -0.1) is 0 Å². The Balaban J connectivity index is 1.77. The van der Waals surface area contributed by atoms with Crippen molar-refractivity contribution in [2.45, 2.75) is 33.3 Å². The molecule has 2 aromatic carbocycles. The van der Waals surface area contributed by atoms with Crippen molar-refractivity contribution in [2.75, 3.05) is 5.32 Å². The zero-order valence-corrected chi connectivity index (χ0v) is 15.5. The van der Waals surface area contributed by atoms with Gasteiger partial charge in [0.25, 0.3) is 5.91 Å². The van der Waals surface area contributed by atoms with Gasteiger partial charge in [0.2, 0.25) is 0 Å². The van der Waals surface area contributed by atoms with Gasteiger partial charge in [-0.3, -0.25) is 14.8 Å². The van der Waals surface area contributed by atoms with E-state index in [0.29, 0.717) is 28.7 Å².